The Kier molecular flexibility index (Phi) is 10.4. The number of benzene rings is 1. The Morgan fingerprint density at radius 3 is 2.56 bits per heavy atom. The van der Waals surface area contributed by atoms with Gasteiger partial charge in [-0.25, -0.2) is 19.0 Å². The van der Waals surface area contributed by atoms with E-state index in [-0.39, 0.29) is 29.8 Å². The number of pyridine rings is 1. The molecule has 0 saturated heterocycles. The monoisotopic (exact) mass is 568 g/mol. The summed E-state index contributed by atoms with van der Waals surface area (Å²) in [6.07, 6.45) is 3.84. The molecule has 2 N–H and O–H groups in total. The van der Waals surface area contributed by atoms with Gasteiger partial charge >= 0.3 is 0 Å². The zero-order valence-corrected chi connectivity index (χ0v) is 22.0. The smallest absolute Gasteiger partial charge is 0.191 e. The van der Waals surface area contributed by atoms with Crippen LogP contribution in [0, 0.1) is 19.7 Å². The van der Waals surface area contributed by atoms with Gasteiger partial charge in [0.25, 0.3) is 0 Å². The summed E-state index contributed by atoms with van der Waals surface area (Å²) < 4.78 is 15.4. The van der Waals surface area contributed by atoms with Crippen LogP contribution in [0.2, 0.25) is 0 Å². The number of halogens is 2. The van der Waals surface area contributed by atoms with Gasteiger partial charge in [-0.2, -0.15) is 16.9 Å². The predicted octanol–water partition coefficient (Wildman–Crippen LogP) is 4.76. The SMILES string of the molecule is CCNC(=NCc1ccc(-n2nc(C)cc2C)nc1)NCc1ccc(F)cc1CSC.I. The van der Waals surface area contributed by atoms with Crippen LogP contribution in [0.5, 0.6) is 0 Å². The second kappa shape index (κ2) is 12.8. The quantitative estimate of drug-likeness (QED) is 0.233. The fourth-order valence-electron chi connectivity index (χ4n) is 3.24. The Morgan fingerprint density at radius 2 is 1.94 bits per heavy atom. The molecule has 172 valence electrons. The van der Waals surface area contributed by atoms with Crippen molar-refractivity contribution in [3.63, 3.8) is 0 Å². The van der Waals surface area contributed by atoms with E-state index in [1.165, 1.54) is 6.07 Å². The number of hydrogen-bond donors (Lipinski definition) is 2. The molecule has 0 spiro atoms. The average Bonchev–Trinajstić information content (AvgIpc) is 3.09. The molecule has 32 heavy (non-hydrogen) atoms. The summed E-state index contributed by atoms with van der Waals surface area (Å²) in [6, 6.07) is 10.9. The van der Waals surface area contributed by atoms with Gasteiger partial charge in [-0.15, -0.1) is 24.0 Å². The number of aromatic nitrogens is 3. The fraction of sp³-hybridized carbons (Fsp3) is 0.348. The van der Waals surface area contributed by atoms with Crippen LogP contribution in [0.4, 0.5) is 4.39 Å². The second-order valence-electron chi connectivity index (χ2n) is 7.26. The third kappa shape index (κ3) is 7.19. The minimum Gasteiger partial charge on any atom is -0.357 e. The van der Waals surface area contributed by atoms with Crippen molar-refractivity contribution in [2.75, 3.05) is 12.8 Å². The molecule has 0 atom stereocenters. The van der Waals surface area contributed by atoms with Crippen molar-refractivity contribution in [3.8, 4) is 5.82 Å². The van der Waals surface area contributed by atoms with Gasteiger partial charge in [0.15, 0.2) is 11.8 Å². The molecule has 0 aliphatic carbocycles. The van der Waals surface area contributed by atoms with Gasteiger partial charge in [-0.1, -0.05) is 12.1 Å². The van der Waals surface area contributed by atoms with E-state index in [4.69, 9.17) is 0 Å². The number of nitrogens with zero attached hydrogens (tertiary/aromatic N) is 4. The first-order chi connectivity index (χ1) is 15.0. The standard InChI is InChI=1S/C23H29FN6S.HI/c1-5-25-23(28-14-19-7-8-21(24)11-20(19)15-31-4)27-13-18-6-9-22(26-12-18)30-17(3)10-16(2)29-30;/h6-12H,5,13-15H2,1-4H3,(H2,25,27,28);1H. The fourth-order valence-corrected chi connectivity index (χ4v) is 3.82. The summed E-state index contributed by atoms with van der Waals surface area (Å²) >= 11 is 1.68. The highest BCUT2D eigenvalue weighted by Crippen LogP contribution is 2.17. The van der Waals surface area contributed by atoms with Gasteiger partial charge in [0.1, 0.15) is 5.82 Å². The minimum atomic E-state index is -0.204. The Balaban J connectivity index is 0.00000363. The first kappa shape index (κ1) is 26.1. The van der Waals surface area contributed by atoms with E-state index in [1.807, 2.05) is 62.2 Å². The average molecular weight is 569 g/mol. The van der Waals surface area contributed by atoms with E-state index in [1.54, 1.807) is 17.8 Å². The van der Waals surface area contributed by atoms with E-state index in [0.29, 0.717) is 19.0 Å². The third-order valence-corrected chi connectivity index (χ3v) is 5.31. The summed E-state index contributed by atoms with van der Waals surface area (Å²) in [5.41, 5.74) is 5.09. The molecule has 2 aromatic heterocycles. The molecule has 0 aliphatic heterocycles. The number of aryl methyl sites for hydroxylation is 2. The molecule has 9 heteroatoms. The van der Waals surface area contributed by atoms with Crippen LogP contribution in [0.25, 0.3) is 5.82 Å². The lowest BCUT2D eigenvalue weighted by Gasteiger charge is -2.14. The molecule has 0 amide bonds. The molecule has 0 fully saturated rings. The molecular formula is C23H30FIN6S. The number of thioether (sulfide) groups is 1. The third-order valence-electron chi connectivity index (χ3n) is 4.71. The van der Waals surface area contributed by atoms with E-state index < -0.39 is 0 Å². The largest absolute Gasteiger partial charge is 0.357 e. The van der Waals surface area contributed by atoms with Crippen molar-refractivity contribution in [3.05, 3.63) is 76.5 Å². The van der Waals surface area contributed by atoms with Gasteiger partial charge in [0.2, 0.25) is 0 Å². The van der Waals surface area contributed by atoms with Crippen molar-refractivity contribution in [2.24, 2.45) is 4.99 Å². The lowest BCUT2D eigenvalue weighted by atomic mass is 10.1. The lowest BCUT2D eigenvalue weighted by molar-refractivity contribution is 0.625. The Morgan fingerprint density at radius 1 is 1.12 bits per heavy atom. The predicted molar refractivity (Wildman–Crippen MR) is 142 cm³/mol. The Bertz CT molecular complexity index is 1040. The van der Waals surface area contributed by atoms with Crippen molar-refractivity contribution >= 4 is 41.7 Å². The molecule has 3 aromatic rings. The van der Waals surface area contributed by atoms with Crippen molar-refractivity contribution in [1.82, 2.24) is 25.4 Å². The number of rotatable bonds is 8. The normalized spacial score (nSPS) is 11.2. The van der Waals surface area contributed by atoms with E-state index >= 15 is 0 Å². The second-order valence-corrected chi connectivity index (χ2v) is 8.12. The van der Waals surface area contributed by atoms with Crippen molar-refractivity contribution < 1.29 is 4.39 Å². The van der Waals surface area contributed by atoms with Crippen LogP contribution in [-0.4, -0.2) is 33.5 Å². The van der Waals surface area contributed by atoms with Crippen LogP contribution >= 0.6 is 35.7 Å². The van der Waals surface area contributed by atoms with E-state index in [0.717, 1.165) is 46.2 Å². The molecule has 6 nitrogen and oxygen atoms in total. The maximum absolute atomic E-state index is 13.6. The number of aliphatic imine (C=N–C) groups is 1. The molecule has 3 rings (SSSR count). The van der Waals surface area contributed by atoms with Crippen LogP contribution < -0.4 is 10.6 Å². The van der Waals surface area contributed by atoms with Gasteiger partial charge < -0.3 is 10.6 Å². The maximum Gasteiger partial charge on any atom is 0.191 e. The van der Waals surface area contributed by atoms with Crippen LogP contribution in [0.3, 0.4) is 0 Å². The highest BCUT2D eigenvalue weighted by molar-refractivity contribution is 14.0. The van der Waals surface area contributed by atoms with Gasteiger partial charge in [-0.05, 0) is 68.0 Å². The first-order valence-corrected chi connectivity index (χ1v) is 11.7. The van der Waals surface area contributed by atoms with Crippen molar-refractivity contribution in [1.29, 1.82) is 0 Å². The molecule has 2 heterocycles. The van der Waals surface area contributed by atoms with Crippen LogP contribution in [0.1, 0.15) is 35.0 Å². The summed E-state index contributed by atoms with van der Waals surface area (Å²) in [4.78, 5) is 9.20. The highest BCUT2D eigenvalue weighted by atomic mass is 127. The Labute approximate surface area is 210 Å². The summed E-state index contributed by atoms with van der Waals surface area (Å²) in [5.74, 6) is 2.07. The molecule has 0 bridgehead atoms. The molecule has 0 saturated carbocycles. The molecule has 0 aliphatic rings. The Hall–Kier alpha value is -2.14. The minimum absolute atomic E-state index is 0. The molecule has 0 unspecified atom stereocenters. The summed E-state index contributed by atoms with van der Waals surface area (Å²) in [7, 11) is 0. The lowest BCUT2D eigenvalue weighted by Crippen LogP contribution is -2.37. The first-order valence-electron chi connectivity index (χ1n) is 10.3. The van der Waals surface area contributed by atoms with Crippen LogP contribution in [-0.2, 0) is 18.8 Å². The number of guanidine groups is 1. The van der Waals surface area contributed by atoms with E-state index in [9.17, 15) is 4.39 Å². The number of hydrogen-bond acceptors (Lipinski definition) is 4. The van der Waals surface area contributed by atoms with Crippen molar-refractivity contribution in [2.45, 2.75) is 39.6 Å². The van der Waals surface area contributed by atoms with Gasteiger partial charge in [0, 0.05) is 30.7 Å². The molecule has 0 radical (unpaired) electrons. The summed E-state index contributed by atoms with van der Waals surface area (Å²) in [6.45, 7) is 7.84. The summed E-state index contributed by atoms with van der Waals surface area (Å²) in [5, 5.41) is 11.1. The van der Waals surface area contributed by atoms with Gasteiger partial charge in [-0.3, -0.25) is 0 Å². The maximum atomic E-state index is 13.6. The molecular weight excluding hydrogens is 538 g/mol. The zero-order valence-electron chi connectivity index (χ0n) is 18.9. The van der Waals surface area contributed by atoms with E-state index in [2.05, 4.69) is 25.7 Å². The topological polar surface area (TPSA) is 67.1 Å². The molecule has 1 aromatic carbocycles. The number of nitrogens with one attached hydrogen (secondary N) is 2. The van der Waals surface area contributed by atoms with Gasteiger partial charge in [0.05, 0.1) is 12.2 Å². The zero-order chi connectivity index (χ0) is 22.2. The van der Waals surface area contributed by atoms with Crippen LogP contribution in [0.15, 0.2) is 47.6 Å². The highest BCUT2D eigenvalue weighted by Gasteiger charge is 2.07.